The van der Waals surface area contributed by atoms with E-state index >= 15 is 0 Å². The van der Waals surface area contributed by atoms with Crippen LogP contribution in [-0.2, 0) is 16.1 Å². The van der Waals surface area contributed by atoms with Crippen molar-refractivity contribution in [2.45, 2.75) is 32.2 Å². The maximum atomic E-state index is 12.7. The van der Waals surface area contributed by atoms with E-state index in [-0.39, 0.29) is 11.8 Å². The maximum absolute atomic E-state index is 12.7. The zero-order valence-electron chi connectivity index (χ0n) is 15.5. The molecule has 2 atom stereocenters. The lowest BCUT2D eigenvalue weighted by Gasteiger charge is -2.31. The summed E-state index contributed by atoms with van der Waals surface area (Å²) in [6, 6.07) is 16.2. The number of benzene rings is 2. The lowest BCUT2D eigenvalue weighted by atomic mass is 9.78. The van der Waals surface area contributed by atoms with E-state index in [9.17, 15) is 19.5 Å². The Morgan fingerprint density at radius 1 is 0.893 bits per heavy atom. The monoisotopic (exact) mass is 379 g/mol. The number of hydrogen-bond donors (Lipinski definition) is 2. The number of carboxylic acids is 1. The van der Waals surface area contributed by atoms with E-state index < -0.39 is 17.8 Å². The number of carbonyl (C=O) groups excluding carboxylic acids is 3. The van der Waals surface area contributed by atoms with Gasteiger partial charge in [0, 0.05) is 24.3 Å². The molecule has 2 aromatic carbocycles. The van der Waals surface area contributed by atoms with E-state index in [4.69, 9.17) is 0 Å². The SMILES string of the molecule is O=C(NCc1ccccc1)c1ccccc1NC(=O)[C@@H]1CCCC[C@@H]1C(=O)[O-]. The predicted octanol–water partition coefficient (Wildman–Crippen LogP) is 2.11. The van der Waals surface area contributed by atoms with Crippen LogP contribution in [0.15, 0.2) is 54.6 Å². The van der Waals surface area contributed by atoms with Gasteiger partial charge in [-0.15, -0.1) is 0 Å². The van der Waals surface area contributed by atoms with Crippen molar-refractivity contribution in [3.63, 3.8) is 0 Å². The summed E-state index contributed by atoms with van der Waals surface area (Å²) >= 11 is 0. The molecule has 1 saturated carbocycles. The van der Waals surface area contributed by atoms with Crippen molar-refractivity contribution in [3.05, 3.63) is 65.7 Å². The summed E-state index contributed by atoms with van der Waals surface area (Å²) < 4.78 is 0. The Morgan fingerprint density at radius 2 is 1.54 bits per heavy atom. The first-order valence-corrected chi connectivity index (χ1v) is 9.49. The normalized spacial score (nSPS) is 18.9. The third-order valence-electron chi connectivity index (χ3n) is 5.13. The van der Waals surface area contributed by atoms with Gasteiger partial charge >= 0.3 is 0 Å². The third-order valence-corrected chi connectivity index (χ3v) is 5.13. The molecule has 0 bridgehead atoms. The molecule has 1 aliphatic carbocycles. The summed E-state index contributed by atoms with van der Waals surface area (Å²) in [6.45, 7) is 0.372. The van der Waals surface area contributed by atoms with Gasteiger partial charge in [0.2, 0.25) is 5.91 Å². The van der Waals surface area contributed by atoms with E-state index in [0.717, 1.165) is 18.4 Å². The number of carboxylic acid groups (broad SMARTS) is 1. The number of aliphatic carboxylic acids is 1. The molecule has 0 aliphatic heterocycles. The Hall–Kier alpha value is -3.15. The van der Waals surface area contributed by atoms with Gasteiger partial charge < -0.3 is 20.5 Å². The van der Waals surface area contributed by atoms with Gasteiger partial charge in [-0.1, -0.05) is 55.3 Å². The quantitative estimate of drug-likeness (QED) is 0.803. The largest absolute Gasteiger partial charge is 0.550 e. The molecule has 1 aliphatic rings. The van der Waals surface area contributed by atoms with Crippen molar-refractivity contribution in [3.8, 4) is 0 Å². The number of nitrogens with one attached hydrogen (secondary N) is 2. The van der Waals surface area contributed by atoms with Gasteiger partial charge in [0.1, 0.15) is 0 Å². The van der Waals surface area contributed by atoms with Crippen LogP contribution in [0.4, 0.5) is 5.69 Å². The molecule has 0 unspecified atom stereocenters. The van der Waals surface area contributed by atoms with Crippen LogP contribution in [0.3, 0.4) is 0 Å². The third kappa shape index (κ3) is 4.76. The fourth-order valence-electron chi connectivity index (χ4n) is 3.62. The molecule has 2 aromatic rings. The molecule has 6 nitrogen and oxygen atoms in total. The first-order valence-electron chi connectivity index (χ1n) is 9.49. The minimum absolute atomic E-state index is 0.306. The molecule has 2 amide bonds. The summed E-state index contributed by atoms with van der Waals surface area (Å²) in [7, 11) is 0. The topological polar surface area (TPSA) is 98.3 Å². The summed E-state index contributed by atoms with van der Waals surface area (Å²) in [5.74, 6) is -3.29. The van der Waals surface area contributed by atoms with E-state index in [0.29, 0.717) is 30.6 Å². The van der Waals surface area contributed by atoms with Crippen molar-refractivity contribution in [2.24, 2.45) is 11.8 Å². The number of hydrogen-bond acceptors (Lipinski definition) is 4. The van der Waals surface area contributed by atoms with Crippen LogP contribution in [0.5, 0.6) is 0 Å². The van der Waals surface area contributed by atoms with Crippen LogP contribution in [0.25, 0.3) is 0 Å². The smallest absolute Gasteiger partial charge is 0.253 e. The number of para-hydroxylation sites is 1. The number of anilines is 1. The average Bonchev–Trinajstić information content (AvgIpc) is 2.73. The first kappa shape index (κ1) is 19.6. The second kappa shape index (κ2) is 9.17. The second-order valence-corrected chi connectivity index (χ2v) is 7.02. The highest BCUT2D eigenvalue weighted by Crippen LogP contribution is 2.31. The van der Waals surface area contributed by atoms with Gasteiger partial charge in [0.25, 0.3) is 5.91 Å². The van der Waals surface area contributed by atoms with Crippen molar-refractivity contribution >= 4 is 23.5 Å². The van der Waals surface area contributed by atoms with Crippen LogP contribution in [0, 0.1) is 11.8 Å². The minimum Gasteiger partial charge on any atom is -0.550 e. The van der Waals surface area contributed by atoms with Gasteiger partial charge in [0.15, 0.2) is 0 Å². The Kier molecular flexibility index (Phi) is 6.42. The Bertz CT molecular complexity index is 851. The fraction of sp³-hybridized carbons (Fsp3) is 0.318. The molecule has 0 aromatic heterocycles. The van der Waals surface area contributed by atoms with E-state index in [2.05, 4.69) is 10.6 Å². The number of rotatable bonds is 6. The molecule has 2 N–H and O–H groups in total. The van der Waals surface area contributed by atoms with Crippen molar-refractivity contribution in [1.29, 1.82) is 0 Å². The molecule has 28 heavy (non-hydrogen) atoms. The Morgan fingerprint density at radius 3 is 2.25 bits per heavy atom. The van der Waals surface area contributed by atoms with Crippen molar-refractivity contribution < 1.29 is 19.5 Å². The van der Waals surface area contributed by atoms with Gasteiger partial charge in [-0.3, -0.25) is 9.59 Å². The molecular weight excluding hydrogens is 356 g/mol. The summed E-state index contributed by atoms with van der Waals surface area (Å²) in [5.41, 5.74) is 1.68. The van der Waals surface area contributed by atoms with Crippen molar-refractivity contribution in [2.75, 3.05) is 5.32 Å². The molecule has 0 radical (unpaired) electrons. The molecule has 3 rings (SSSR count). The van der Waals surface area contributed by atoms with Gasteiger partial charge in [-0.25, -0.2) is 0 Å². The maximum Gasteiger partial charge on any atom is 0.253 e. The predicted molar refractivity (Wildman–Crippen MR) is 103 cm³/mol. The molecule has 146 valence electrons. The van der Waals surface area contributed by atoms with E-state index in [1.807, 2.05) is 30.3 Å². The van der Waals surface area contributed by atoms with Crippen LogP contribution in [-0.4, -0.2) is 17.8 Å². The number of carbonyl (C=O) groups is 3. The minimum atomic E-state index is -1.19. The molecular formula is C22H23N2O4-. The molecule has 0 heterocycles. The van der Waals surface area contributed by atoms with Gasteiger partial charge in [-0.2, -0.15) is 0 Å². The van der Waals surface area contributed by atoms with Gasteiger partial charge in [-0.05, 0) is 30.5 Å². The van der Waals surface area contributed by atoms with Crippen molar-refractivity contribution in [1.82, 2.24) is 5.32 Å². The fourth-order valence-corrected chi connectivity index (χ4v) is 3.62. The molecule has 6 heteroatoms. The van der Waals surface area contributed by atoms with E-state index in [1.54, 1.807) is 24.3 Å². The highest BCUT2D eigenvalue weighted by atomic mass is 16.4. The first-order chi connectivity index (χ1) is 13.6. The number of amides is 2. The summed E-state index contributed by atoms with van der Waals surface area (Å²) in [4.78, 5) is 36.7. The lowest BCUT2D eigenvalue weighted by Crippen LogP contribution is -2.42. The highest BCUT2D eigenvalue weighted by Gasteiger charge is 2.32. The van der Waals surface area contributed by atoms with Crippen LogP contribution in [0.1, 0.15) is 41.6 Å². The molecule has 0 saturated heterocycles. The second-order valence-electron chi connectivity index (χ2n) is 7.02. The standard InChI is InChI=1S/C22H24N2O4/c25-20(23-14-15-8-2-1-3-9-15)18-12-6-7-13-19(18)24-21(26)16-10-4-5-11-17(16)22(27)28/h1-3,6-9,12-13,16-17H,4-5,10-11,14H2,(H,23,25)(H,24,26)(H,27,28)/p-1/t16-,17+/m1/s1. The summed E-state index contributed by atoms with van der Waals surface area (Å²) in [5, 5.41) is 17.0. The van der Waals surface area contributed by atoms with Crippen LogP contribution >= 0.6 is 0 Å². The Balaban J connectivity index is 1.70. The highest BCUT2D eigenvalue weighted by molar-refractivity contribution is 6.04. The van der Waals surface area contributed by atoms with E-state index in [1.165, 1.54) is 0 Å². The molecule has 0 spiro atoms. The summed E-state index contributed by atoms with van der Waals surface area (Å²) in [6.07, 6.45) is 2.54. The zero-order chi connectivity index (χ0) is 19.9. The average molecular weight is 379 g/mol. The van der Waals surface area contributed by atoms with Gasteiger partial charge in [0.05, 0.1) is 11.3 Å². The van der Waals surface area contributed by atoms with Crippen LogP contribution in [0.2, 0.25) is 0 Å². The molecule has 1 fully saturated rings. The Labute approximate surface area is 164 Å². The lowest BCUT2D eigenvalue weighted by molar-refractivity contribution is -0.313. The zero-order valence-corrected chi connectivity index (χ0v) is 15.5. The van der Waals surface area contributed by atoms with Crippen LogP contribution < -0.4 is 15.7 Å².